The average molecular weight is 294 g/mol. The van der Waals surface area contributed by atoms with E-state index in [0.29, 0.717) is 25.5 Å². The molecule has 1 aliphatic rings. The Hall–Kier alpha value is -1.89. The molecule has 0 atom stereocenters. The van der Waals surface area contributed by atoms with E-state index < -0.39 is 5.97 Å². The van der Waals surface area contributed by atoms with Gasteiger partial charge in [-0.25, -0.2) is 4.98 Å². The molecule has 21 heavy (non-hydrogen) atoms. The van der Waals surface area contributed by atoms with Gasteiger partial charge in [0.15, 0.2) is 5.82 Å². The number of carbonyl (C=O) groups is 1. The van der Waals surface area contributed by atoms with Crippen molar-refractivity contribution in [2.24, 2.45) is 0 Å². The molecule has 2 rings (SSSR count). The Morgan fingerprint density at radius 3 is 2.57 bits per heavy atom. The van der Waals surface area contributed by atoms with Crippen LogP contribution in [0.25, 0.3) is 0 Å². The minimum atomic E-state index is -0.776. The van der Waals surface area contributed by atoms with Crippen LogP contribution in [0.3, 0.4) is 0 Å². The zero-order chi connectivity index (χ0) is 15.4. The zero-order valence-corrected chi connectivity index (χ0v) is 12.5. The summed E-state index contributed by atoms with van der Waals surface area (Å²) >= 11 is 0. The van der Waals surface area contributed by atoms with Gasteiger partial charge in [0.1, 0.15) is 0 Å². The predicted molar refractivity (Wildman–Crippen MR) is 79.8 cm³/mol. The Morgan fingerprint density at radius 1 is 1.33 bits per heavy atom. The molecule has 0 aliphatic carbocycles. The van der Waals surface area contributed by atoms with Gasteiger partial charge in [0, 0.05) is 51.2 Å². The normalized spacial score (nSPS) is 16.4. The fraction of sp³-hybridized carbons (Fsp3) is 0.643. The number of anilines is 1. The van der Waals surface area contributed by atoms with Gasteiger partial charge in [0.2, 0.25) is 0 Å². The molecule has 0 aromatic carbocycles. The second-order valence-electron chi connectivity index (χ2n) is 5.53. The highest BCUT2D eigenvalue weighted by Crippen LogP contribution is 2.10. The zero-order valence-electron chi connectivity index (χ0n) is 12.5. The summed E-state index contributed by atoms with van der Waals surface area (Å²) in [4.78, 5) is 31.3. The largest absolute Gasteiger partial charge is 0.481 e. The van der Waals surface area contributed by atoms with E-state index in [-0.39, 0.29) is 18.0 Å². The SMILES string of the molecule is CC(C)n1ccnc(N2CCN(CCC(=O)O)CC2)c1=O. The minimum Gasteiger partial charge on any atom is -0.481 e. The molecule has 1 aromatic heterocycles. The molecule has 1 fully saturated rings. The molecule has 2 heterocycles. The van der Waals surface area contributed by atoms with Gasteiger partial charge >= 0.3 is 5.97 Å². The smallest absolute Gasteiger partial charge is 0.304 e. The first-order valence-electron chi connectivity index (χ1n) is 7.25. The third-order valence-corrected chi connectivity index (χ3v) is 3.72. The van der Waals surface area contributed by atoms with Crippen LogP contribution in [0.2, 0.25) is 0 Å². The van der Waals surface area contributed by atoms with E-state index in [1.807, 2.05) is 18.7 Å². The quantitative estimate of drug-likeness (QED) is 0.848. The maximum atomic E-state index is 12.4. The third-order valence-electron chi connectivity index (χ3n) is 3.72. The standard InChI is InChI=1S/C14H22N4O3/c1-11(2)18-6-4-15-13(14(18)21)17-9-7-16(8-10-17)5-3-12(19)20/h4,6,11H,3,5,7-10H2,1-2H3,(H,19,20). The van der Waals surface area contributed by atoms with Crippen molar-refractivity contribution in [1.82, 2.24) is 14.5 Å². The van der Waals surface area contributed by atoms with Gasteiger partial charge in [-0.3, -0.25) is 14.5 Å². The summed E-state index contributed by atoms with van der Waals surface area (Å²) < 4.78 is 1.68. The number of rotatable bonds is 5. The first-order valence-corrected chi connectivity index (χ1v) is 7.25. The van der Waals surface area contributed by atoms with Crippen molar-refractivity contribution >= 4 is 11.8 Å². The van der Waals surface area contributed by atoms with E-state index in [4.69, 9.17) is 5.11 Å². The van der Waals surface area contributed by atoms with Crippen molar-refractivity contribution in [2.75, 3.05) is 37.6 Å². The van der Waals surface area contributed by atoms with E-state index in [2.05, 4.69) is 9.88 Å². The molecule has 1 N–H and O–H groups in total. The molecule has 0 amide bonds. The van der Waals surface area contributed by atoms with Crippen LogP contribution in [0, 0.1) is 0 Å². The lowest BCUT2D eigenvalue weighted by molar-refractivity contribution is -0.137. The summed E-state index contributed by atoms with van der Waals surface area (Å²) in [6.07, 6.45) is 3.52. The fourth-order valence-electron chi connectivity index (χ4n) is 2.47. The number of carboxylic acid groups (broad SMARTS) is 1. The number of hydrogen-bond acceptors (Lipinski definition) is 5. The number of aliphatic carboxylic acids is 1. The summed E-state index contributed by atoms with van der Waals surface area (Å²) in [6.45, 7) is 7.40. The highest BCUT2D eigenvalue weighted by molar-refractivity contribution is 5.66. The van der Waals surface area contributed by atoms with Crippen molar-refractivity contribution < 1.29 is 9.90 Å². The molecule has 7 heteroatoms. The second-order valence-corrected chi connectivity index (χ2v) is 5.53. The van der Waals surface area contributed by atoms with Gasteiger partial charge in [-0.05, 0) is 13.8 Å². The van der Waals surface area contributed by atoms with Crippen LogP contribution in [0.5, 0.6) is 0 Å². The summed E-state index contributed by atoms with van der Waals surface area (Å²) in [5, 5.41) is 8.70. The molecule has 0 bridgehead atoms. The van der Waals surface area contributed by atoms with Crippen molar-refractivity contribution in [3.8, 4) is 0 Å². The summed E-state index contributed by atoms with van der Waals surface area (Å²) in [5.74, 6) is -0.286. The Balaban J connectivity index is 2.01. The lowest BCUT2D eigenvalue weighted by atomic mass is 10.3. The molecule has 116 valence electrons. The summed E-state index contributed by atoms with van der Waals surface area (Å²) in [5.41, 5.74) is -0.0634. The number of piperazine rings is 1. The Bertz CT molecular complexity index is 547. The van der Waals surface area contributed by atoms with Crippen LogP contribution < -0.4 is 10.5 Å². The highest BCUT2D eigenvalue weighted by Gasteiger charge is 2.21. The lowest BCUT2D eigenvalue weighted by Gasteiger charge is -2.34. The topological polar surface area (TPSA) is 78.7 Å². The van der Waals surface area contributed by atoms with E-state index >= 15 is 0 Å². The van der Waals surface area contributed by atoms with Crippen molar-refractivity contribution in [3.63, 3.8) is 0 Å². The summed E-state index contributed by atoms with van der Waals surface area (Å²) in [6, 6.07) is 0.108. The molecular formula is C14H22N4O3. The molecular weight excluding hydrogens is 272 g/mol. The van der Waals surface area contributed by atoms with Gasteiger partial charge in [0.25, 0.3) is 5.56 Å². The molecule has 0 radical (unpaired) electrons. The summed E-state index contributed by atoms with van der Waals surface area (Å²) in [7, 11) is 0. The molecule has 7 nitrogen and oxygen atoms in total. The second kappa shape index (κ2) is 6.71. The molecule has 0 spiro atoms. The third kappa shape index (κ3) is 3.81. The lowest BCUT2D eigenvalue weighted by Crippen LogP contribution is -2.49. The van der Waals surface area contributed by atoms with E-state index in [0.717, 1.165) is 13.1 Å². The number of aromatic nitrogens is 2. The van der Waals surface area contributed by atoms with Crippen LogP contribution in [0.1, 0.15) is 26.3 Å². The van der Waals surface area contributed by atoms with E-state index in [9.17, 15) is 9.59 Å². The highest BCUT2D eigenvalue weighted by atomic mass is 16.4. The van der Waals surface area contributed by atoms with Gasteiger partial charge < -0.3 is 14.6 Å². The number of carboxylic acids is 1. The van der Waals surface area contributed by atoms with Crippen LogP contribution in [0.15, 0.2) is 17.2 Å². The van der Waals surface area contributed by atoms with Crippen LogP contribution >= 0.6 is 0 Å². The first kappa shape index (κ1) is 15.5. The van der Waals surface area contributed by atoms with Crippen molar-refractivity contribution in [2.45, 2.75) is 26.3 Å². The first-order chi connectivity index (χ1) is 9.99. The van der Waals surface area contributed by atoms with Gasteiger partial charge in [-0.15, -0.1) is 0 Å². The number of nitrogens with zero attached hydrogens (tertiary/aromatic N) is 4. The molecule has 1 saturated heterocycles. The van der Waals surface area contributed by atoms with Crippen LogP contribution in [-0.2, 0) is 4.79 Å². The predicted octanol–water partition coefficient (Wildman–Crippen LogP) is 0.421. The van der Waals surface area contributed by atoms with Gasteiger partial charge in [-0.2, -0.15) is 0 Å². The molecule has 0 saturated carbocycles. The fourth-order valence-corrected chi connectivity index (χ4v) is 2.47. The van der Waals surface area contributed by atoms with Crippen molar-refractivity contribution in [3.05, 3.63) is 22.7 Å². The Kier molecular flexibility index (Phi) is 4.95. The van der Waals surface area contributed by atoms with Gasteiger partial charge in [-0.1, -0.05) is 0 Å². The Labute approximate surface area is 123 Å². The van der Waals surface area contributed by atoms with E-state index in [1.54, 1.807) is 17.0 Å². The monoisotopic (exact) mass is 294 g/mol. The number of hydrogen-bond donors (Lipinski definition) is 1. The van der Waals surface area contributed by atoms with E-state index in [1.165, 1.54) is 0 Å². The van der Waals surface area contributed by atoms with Crippen molar-refractivity contribution in [1.29, 1.82) is 0 Å². The molecule has 0 unspecified atom stereocenters. The van der Waals surface area contributed by atoms with Crippen LogP contribution in [0.4, 0.5) is 5.82 Å². The average Bonchev–Trinajstić information content (AvgIpc) is 2.45. The Morgan fingerprint density at radius 2 is 2.00 bits per heavy atom. The van der Waals surface area contributed by atoms with Gasteiger partial charge in [0.05, 0.1) is 6.42 Å². The molecule has 1 aliphatic heterocycles. The maximum absolute atomic E-state index is 12.4. The minimum absolute atomic E-state index is 0.0634. The van der Waals surface area contributed by atoms with Crippen LogP contribution in [-0.4, -0.2) is 58.3 Å². The maximum Gasteiger partial charge on any atom is 0.304 e. The molecule has 1 aromatic rings.